The first-order valence-corrected chi connectivity index (χ1v) is 5.55. The summed E-state index contributed by atoms with van der Waals surface area (Å²) in [4.78, 5) is 0. The predicted molar refractivity (Wildman–Crippen MR) is 65.5 cm³/mol. The summed E-state index contributed by atoms with van der Waals surface area (Å²) in [6, 6.07) is 9.60. The van der Waals surface area contributed by atoms with E-state index in [1.54, 1.807) is 19.1 Å². The van der Waals surface area contributed by atoms with E-state index >= 15 is 0 Å². The van der Waals surface area contributed by atoms with Crippen LogP contribution in [0.5, 0.6) is 11.5 Å². The molecule has 94 valence electrons. The highest BCUT2D eigenvalue weighted by molar-refractivity contribution is 5.40. The lowest BCUT2D eigenvalue weighted by Crippen LogP contribution is -2.07. The van der Waals surface area contributed by atoms with E-state index in [1.807, 2.05) is 0 Å². The second-order valence-electron chi connectivity index (χ2n) is 4.00. The zero-order chi connectivity index (χ0) is 13.1. The molecule has 1 atom stereocenters. The molecule has 2 nitrogen and oxygen atoms in total. The van der Waals surface area contributed by atoms with Gasteiger partial charge in [0.05, 0.1) is 0 Å². The van der Waals surface area contributed by atoms with E-state index in [2.05, 4.69) is 0 Å². The Balaban J connectivity index is 2.36. The van der Waals surface area contributed by atoms with Crippen LogP contribution in [-0.2, 0) is 0 Å². The number of nitrogens with two attached hydrogens (primary N) is 1. The smallest absolute Gasteiger partial charge is 0.167 e. The highest BCUT2D eigenvalue weighted by Crippen LogP contribution is 2.31. The maximum atomic E-state index is 13.7. The van der Waals surface area contributed by atoms with Crippen LogP contribution in [0.1, 0.15) is 18.5 Å². The fourth-order valence-electron chi connectivity index (χ4n) is 1.61. The molecule has 0 radical (unpaired) electrons. The Labute approximate surface area is 104 Å². The molecule has 0 spiro atoms. The summed E-state index contributed by atoms with van der Waals surface area (Å²) in [6.07, 6.45) is 0. The van der Waals surface area contributed by atoms with Crippen molar-refractivity contribution in [1.29, 1.82) is 0 Å². The molecule has 0 saturated heterocycles. The molecule has 2 rings (SSSR count). The first kappa shape index (κ1) is 12.5. The lowest BCUT2D eigenvalue weighted by molar-refractivity contribution is 0.431. The van der Waals surface area contributed by atoms with Crippen molar-refractivity contribution in [1.82, 2.24) is 0 Å². The molecule has 0 aliphatic carbocycles. The predicted octanol–water partition coefficient (Wildman–Crippen LogP) is 3.78. The van der Waals surface area contributed by atoms with Crippen LogP contribution < -0.4 is 10.5 Å². The normalized spacial score (nSPS) is 12.2. The maximum Gasteiger partial charge on any atom is 0.167 e. The summed E-state index contributed by atoms with van der Waals surface area (Å²) in [6.45, 7) is 1.74. The molecule has 4 heteroatoms. The van der Waals surface area contributed by atoms with Crippen molar-refractivity contribution in [3.8, 4) is 11.5 Å². The molecule has 0 fully saturated rings. The van der Waals surface area contributed by atoms with Gasteiger partial charge in [0.2, 0.25) is 0 Å². The van der Waals surface area contributed by atoms with Crippen molar-refractivity contribution < 1.29 is 13.5 Å². The Morgan fingerprint density at radius 3 is 2.33 bits per heavy atom. The average Bonchev–Trinajstić information content (AvgIpc) is 2.34. The second-order valence-corrected chi connectivity index (χ2v) is 4.00. The molecular weight excluding hydrogens is 236 g/mol. The van der Waals surface area contributed by atoms with Gasteiger partial charge in [-0.05, 0) is 37.3 Å². The van der Waals surface area contributed by atoms with Crippen molar-refractivity contribution in [3.05, 3.63) is 59.7 Å². The highest BCUT2D eigenvalue weighted by atomic mass is 19.1. The summed E-state index contributed by atoms with van der Waals surface area (Å²) in [5.41, 5.74) is 6.32. The number of ether oxygens (including phenoxy) is 1. The van der Waals surface area contributed by atoms with Crippen LogP contribution in [0.25, 0.3) is 0 Å². The van der Waals surface area contributed by atoms with Crippen molar-refractivity contribution in [2.45, 2.75) is 13.0 Å². The third kappa shape index (κ3) is 2.65. The Kier molecular flexibility index (Phi) is 3.58. The van der Waals surface area contributed by atoms with Gasteiger partial charge in [0.1, 0.15) is 11.6 Å². The summed E-state index contributed by atoms with van der Waals surface area (Å²) in [5, 5.41) is 0. The van der Waals surface area contributed by atoms with Crippen molar-refractivity contribution in [2.75, 3.05) is 0 Å². The zero-order valence-electron chi connectivity index (χ0n) is 9.86. The van der Waals surface area contributed by atoms with Gasteiger partial charge < -0.3 is 10.5 Å². The summed E-state index contributed by atoms with van der Waals surface area (Å²) in [7, 11) is 0. The van der Waals surface area contributed by atoms with Gasteiger partial charge in [-0.2, -0.15) is 0 Å². The van der Waals surface area contributed by atoms with E-state index in [9.17, 15) is 8.78 Å². The van der Waals surface area contributed by atoms with Crippen LogP contribution in [0.4, 0.5) is 8.78 Å². The van der Waals surface area contributed by atoms with E-state index in [1.165, 1.54) is 30.3 Å². The van der Waals surface area contributed by atoms with Crippen molar-refractivity contribution in [2.24, 2.45) is 5.73 Å². The summed E-state index contributed by atoms with van der Waals surface area (Å²) < 4.78 is 31.9. The first-order valence-electron chi connectivity index (χ1n) is 5.55. The molecule has 0 saturated carbocycles. The van der Waals surface area contributed by atoms with E-state index < -0.39 is 5.82 Å². The topological polar surface area (TPSA) is 35.2 Å². The van der Waals surface area contributed by atoms with Gasteiger partial charge in [0, 0.05) is 11.6 Å². The number of rotatable bonds is 3. The molecule has 0 aliphatic heterocycles. The third-order valence-electron chi connectivity index (χ3n) is 2.52. The Hall–Kier alpha value is -1.94. The van der Waals surface area contributed by atoms with Gasteiger partial charge in [-0.15, -0.1) is 0 Å². The highest BCUT2D eigenvalue weighted by Gasteiger charge is 2.13. The summed E-state index contributed by atoms with van der Waals surface area (Å²) >= 11 is 0. The average molecular weight is 249 g/mol. The number of para-hydroxylation sites is 1. The van der Waals surface area contributed by atoms with E-state index in [-0.39, 0.29) is 17.6 Å². The molecule has 2 aromatic carbocycles. The monoisotopic (exact) mass is 249 g/mol. The number of benzene rings is 2. The Bertz CT molecular complexity index is 538. The van der Waals surface area contributed by atoms with Gasteiger partial charge in [-0.25, -0.2) is 8.78 Å². The number of hydrogen-bond donors (Lipinski definition) is 1. The molecule has 0 unspecified atom stereocenters. The minimum absolute atomic E-state index is 0.0825. The van der Waals surface area contributed by atoms with E-state index in [4.69, 9.17) is 10.5 Å². The van der Waals surface area contributed by atoms with Gasteiger partial charge in [-0.1, -0.05) is 12.1 Å². The molecular formula is C14H13F2NO. The fraction of sp³-hybridized carbons (Fsp3) is 0.143. The standard InChI is InChI=1S/C14H13F2NO/c1-9(17)12-3-2-4-13(16)14(12)18-11-7-5-10(15)6-8-11/h2-9H,17H2,1H3/t9-/m1/s1. The molecule has 0 aliphatic rings. The van der Waals surface area contributed by atoms with Gasteiger partial charge >= 0.3 is 0 Å². The molecule has 2 N–H and O–H groups in total. The summed E-state index contributed by atoms with van der Waals surface area (Å²) in [5.74, 6) is -0.417. The lowest BCUT2D eigenvalue weighted by Gasteiger charge is -2.14. The van der Waals surface area contributed by atoms with Crippen LogP contribution in [0.3, 0.4) is 0 Å². The molecule has 0 bridgehead atoms. The number of hydrogen-bond acceptors (Lipinski definition) is 2. The van der Waals surface area contributed by atoms with Gasteiger partial charge in [0.15, 0.2) is 11.6 Å². The first-order chi connectivity index (χ1) is 8.58. The van der Waals surface area contributed by atoms with Crippen molar-refractivity contribution in [3.63, 3.8) is 0 Å². The van der Waals surface area contributed by atoms with Crippen LogP contribution in [-0.4, -0.2) is 0 Å². The molecule has 2 aromatic rings. The van der Waals surface area contributed by atoms with Crippen molar-refractivity contribution >= 4 is 0 Å². The zero-order valence-corrected chi connectivity index (χ0v) is 9.86. The SMILES string of the molecule is C[C@@H](N)c1cccc(F)c1Oc1ccc(F)cc1. The van der Waals surface area contributed by atoms with E-state index in [0.717, 1.165) is 0 Å². The Morgan fingerprint density at radius 2 is 1.72 bits per heavy atom. The lowest BCUT2D eigenvalue weighted by atomic mass is 10.1. The fourth-order valence-corrected chi connectivity index (χ4v) is 1.61. The largest absolute Gasteiger partial charge is 0.454 e. The quantitative estimate of drug-likeness (QED) is 0.898. The van der Waals surface area contributed by atoms with Gasteiger partial charge in [0.25, 0.3) is 0 Å². The van der Waals surface area contributed by atoms with Crippen LogP contribution >= 0.6 is 0 Å². The minimum Gasteiger partial charge on any atom is -0.454 e. The number of halogens is 2. The van der Waals surface area contributed by atoms with Gasteiger partial charge in [-0.3, -0.25) is 0 Å². The van der Waals surface area contributed by atoms with Crippen LogP contribution in [0, 0.1) is 11.6 Å². The molecule has 18 heavy (non-hydrogen) atoms. The minimum atomic E-state index is -0.492. The Morgan fingerprint density at radius 1 is 1.06 bits per heavy atom. The molecule has 0 aromatic heterocycles. The van der Waals surface area contributed by atoms with E-state index in [0.29, 0.717) is 11.3 Å². The van der Waals surface area contributed by atoms with Crippen LogP contribution in [0.2, 0.25) is 0 Å². The third-order valence-corrected chi connectivity index (χ3v) is 2.52. The molecule has 0 heterocycles. The maximum absolute atomic E-state index is 13.7. The molecule has 0 amide bonds. The van der Waals surface area contributed by atoms with Crippen LogP contribution in [0.15, 0.2) is 42.5 Å². The second kappa shape index (κ2) is 5.14.